The summed E-state index contributed by atoms with van der Waals surface area (Å²) in [4.78, 5) is 27.0. The van der Waals surface area contributed by atoms with Crippen LogP contribution in [0.25, 0.3) is 0 Å². The second-order valence-corrected chi connectivity index (χ2v) is 12.0. The number of aromatic nitrogens is 1. The first-order valence-electron chi connectivity index (χ1n) is 12.5. The van der Waals surface area contributed by atoms with Crippen LogP contribution in [0.1, 0.15) is 57.9 Å². The van der Waals surface area contributed by atoms with Crippen molar-refractivity contribution >= 4 is 21.8 Å². The minimum absolute atomic E-state index is 0.118. The molecule has 2 N–H and O–H groups in total. The van der Waals surface area contributed by atoms with Crippen LogP contribution in [-0.4, -0.2) is 43.2 Å². The number of nitrogens with one attached hydrogen (secondary N) is 2. The van der Waals surface area contributed by atoms with Gasteiger partial charge in [-0.2, -0.15) is 9.04 Å². The summed E-state index contributed by atoms with van der Waals surface area (Å²) >= 11 is 0. The van der Waals surface area contributed by atoms with Gasteiger partial charge in [-0.15, -0.1) is 0 Å². The van der Waals surface area contributed by atoms with Crippen LogP contribution >= 0.6 is 0 Å². The van der Waals surface area contributed by atoms with Gasteiger partial charge in [-0.3, -0.25) is 9.59 Å². The normalized spacial score (nSPS) is 20.5. The Bertz CT molecular complexity index is 1200. The summed E-state index contributed by atoms with van der Waals surface area (Å²) < 4.78 is 28.6. The molecule has 0 radical (unpaired) electrons. The van der Waals surface area contributed by atoms with Crippen molar-refractivity contribution in [2.24, 2.45) is 5.92 Å². The first-order chi connectivity index (χ1) is 17.1. The Balaban J connectivity index is 1.51. The number of pyridine rings is 1. The summed E-state index contributed by atoms with van der Waals surface area (Å²) in [5, 5.41) is 17.7. The van der Waals surface area contributed by atoms with Gasteiger partial charge in [0, 0.05) is 18.2 Å². The number of rotatable bonds is 9. The quantitative estimate of drug-likeness (QED) is 0.392. The molecule has 10 heteroatoms. The Labute approximate surface area is 212 Å². The number of sulfonamides is 1. The number of carbonyl (C=O) groups excluding carboxylic acids is 2. The number of hydrogen-bond acceptors (Lipinski definition) is 5. The van der Waals surface area contributed by atoms with Gasteiger partial charge in [0.1, 0.15) is 12.1 Å². The third kappa shape index (κ3) is 5.70. The third-order valence-electron chi connectivity index (χ3n) is 6.89. The van der Waals surface area contributed by atoms with E-state index in [1.54, 1.807) is 24.3 Å². The highest BCUT2D eigenvalue weighted by Crippen LogP contribution is 2.45. The van der Waals surface area contributed by atoms with Crippen LogP contribution in [0.5, 0.6) is 0 Å². The van der Waals surface area contributed by atoms with Crippen LogP contribution in [0.4, 0.5) is 0 Å². The fourth-order valence-electron chi connectivity index (χ4n) is 4.82. The van der Waals surface area contributed by atoms with Gasteiger partial charge >= 0.3 is 0 Å². The molecule has 2 fully saturated rings. The molecule has 194 valence electrons. The zero-order valence-electron chi connectivity index (χ0n) is 20.7. The summed E-state index contributed by atoms with van der Waals surface area (Å²) in [5.74, 6) is -0.673. The molecular weight excluding hydrogens is 480 g/mol. The van der Waals surface area contributed by atoms with E-state index in [0.717, 1.165) is 12.0 Å². The van der Waals surface area contributed by atoms with Gasteiger partial charge in [-0.1, -0.05) is 38.5 Å². The molecule has 2 aliphatic rings. The van der Waals surface area contributed by atoms with Gasteiger partial charge in [0.2, 0.25) is 21.8 Å². The molecule has 9 nitrogen and oxygen atoms in total. The van der Waals surface area contributed by atoms with Crippen molar-refractivity contribution in [2.45, 2.75) is 74.9 Å². The summed E-state index contributed by atoms with van der Waals surface area (Å²) in [5.41, 5.74) is 0.119. The van der Waals surface area contributed by atoms with E-state index in [2.05, 4.69) is 10.6 Å². The van der Waals surface area contributed by atoms with Gasteiger partial charge in [0.15, 0.2) is 12.4 Å². The van der Waals surface area contributed by atoms with Gasteiger partial charge in [0.25, 0.3) is 0 Å². The molecular formula is C26H34N4O5S. The first-order valence-corrected chi connectivity index (χ1v) is 13.9. The van der Waals surface area contributed by atoms with E-state index in [9.17, 15) is 23.2 Å². The van der Waals surface area contributed by atoms with Crippen molar-refractivity contribution < 1.29 is 22.7 Å². The average Bonchev–Trinajstić information content (AvgIpc) is 3.64. The molecule has 1 saturated heterocycles. The molecule has 1 aliphatic heterocycles. The molecule has 0 bridgehead atoms. The second-order valence-electron chi connectivity index (χ2n) is 10.2. The lowest BCUT2D eigenvalue weighted by Crippen LogP contribution is -2.57. The molecule has 1 aromatic carbocycles. The van der Waals surface area contributed by atoms with Crippen molar-refractivity contribution in [3.63, 3.8) is 0 Å². The second kappa shape index (κ2) is 10.6. The van der Waals surface area contributed by atoms with E-state index < -0.39 is 33.6 Å². The van der Waals surface area contributed by atoms with Crippen molar-refractivity contribution in [3.8, 4) is 0 Å². The maximum atomic E-state index is 13.4. The number of hydrogen-bond donors (Lipinski definition) is 2. The third-order valence-corrected chi connectivity index (χ3v) is 8.81. The predicted octanol–water partition coefficient (Wildman–Crippen LogP) is 2.20. The van der Waals surface area contributed by atoms with Crippen molar-refractivity contribution in [3.05, 3.63) is 65.6 Å². The van der Waals surface area contributed by atoms with E-state index in [4.69, 9.17) is 0 Å². The van der Waals surface area contributed by atoms with Gasteiger partial charge in [-0.25, -0.2) is 8.42 Å². The molecule has 4 rings (SSSR count). The molecule has 1 aromatic heterocycles. The van der Waals surface area contributed by atoms with Crippen molar-refractivity contribution in [1.82, 2.24) is 14.9 Å². The smallest absolute Gasteiger partial charge is 0.243 e. The summed E-state index contributed by atoms with van der Waals surface area (Å²) in [6.07, 6.45) is 6.46. The maximum absolute atomic E-state index is 13.4. The standard InChI is InChI=1S/C26H34N4O5S/c1-19(2)17-22(24(31)28-26(13-14-26)20-9-8-15-29(33)18-20)27-25(32)23-12-6-7-16-30(23)36(34,35)21-10-4-3-5-11-21/h3-5,8-11,15,18-19,22-23H,6-7,12-14,16-17H2,1-2H3,(H,27,32)(H,28,31). The SMILES string of the molecule is CC(C)CC(NC(=O)C1CCCCN1S(=O)(=O)c1ccccc1)C(=O)NC1(c2ccc[n+]([O-])c2)CC1. The Kier molecular flexibility index (Phi) is 7.65. The molecule has 36 heavy (non-hydrogen) atoms. The van der Waals surface area contributed by atoms with E-state index in [1.807, 2.05) is 19.9 Å². The van der Waals surface area contributed by atoms with Crippen molar-refractivity contribution in [1.29, 1.82) is 0 Å². The average molecular weight is 515 g/mol. The number of nitrogens with zero attached hydrogens (tertiary/aromatic N) is 2. The van der Waals surface area contributed by atoms with Gasteiger partial charge in [-0.05, 0) is 56.2 Å². The number of benzene rings is 1. The van der Waals surface area contributed by atoms with E-state index in [0.29, 0.717) is 36.8 Å². The van der Waals surface area contributed by atoms with Crippen LogP contribution < -0.4 is 15.4 Å². The first kappa shape index (κ1) is 26.1. The van der Waals surface area contributed by atoms with Crippen LogP contribution in [0.2, 0.25) is 0 Å². The highest BCUT2D eigenvalue weighted by atomic mass is 32.2. The molecule has 2 unspecified atom stereocenters. The van der Waals surface area contributed by atoms with Gasteiger partial charge < -0.3 is 15.8 Å². The Morgan fingerprint density at radius 2 is 1.86 bits per heavy atom. The monoisotopic (exact) mass is 514 g/mol. The molecule has 2 aromatic rings. The topological polar surface area (TPSA) is 123 Å². The molecule has 2 atom stereocenters. The number of piperidine rings is 1. The summed E-state index contributed by atoms with van der Waals surface area (Å²) in [6, 6.07) is 9.87. The Morgan fingerprint density at radius 3 is 2.50 bits per heavy atom. The lowest BCUT2D eigenvalue weighted by atomic mass is 9.99. The maximum Gasteiger partial charge on any atom is 0.243 e. The lowest BCUT2D eigenvalue weighted by molar-refractivity contribution is -0.606. The summed E-state index contributed by atoms with van der Waals surface area (Å²) in [6.45, 7) is 4.18. The predicted molar refractivity (Wildman–Crippen MR) is 134 cm³/mol. The van der Waals surface area contributed by atoms with Gasteiger partial charge in [0.05, 0.1) is 10.4 Å². The Hall–Kier alpha value is -2.98. The lowest BCUT2D eigenvalue weighted by Gasteiger charge is -2.35. The van der Waals surface area contributed by atoms with E-state index in [-0.39, 0.29) is 23.3 Å². The fraction of sp³-hybridized carbons (Fsp3) is 0.500. The number of amides is 2. The van der Waals surface area contributed by atoms with Crippen LogP contribution in [0.15, 0.2) is 59.8 Å². The number of carbonyl (C=O) groups is 2. The molecule has 0 spiro atoms. The molecule has 1 aliphatic carbocycles. The minimum atomic E-state index is -3.85. The van der Waals surface area contributed by atoms with Crippen LogP contribution in [-0.2, 0) is 25.2 Å². The minimum Gasteiger partial charge on any atom is -0.619 e. The van der Waals surface area contributed by atoms with Crippen LogP contribution in [0, 0.1) is 11.1 Å². The van der Waals surface area contributed by atoms with Crippen molar-refractivity contribution in [2.75, 3.05) is 6.54 Å². The Morgan fingerprint density at radius 1 is 1.14 bits per heavy atom. The molecule has 2 heterocycles. The largest absolute Gasteiger partial charge is 0.619 e. The highest BCUT2D eigenvalue weighted by Gasteiger charge is 2.48. The van der Waals surface area contributed by atoms with E-state index in [1.165, 1.54) is 28.8 Å². The summed E-state index contributed by atoms with van der Waals surface area (Å²) in [7, 11) is -3.85. The van der Waals surface area contributed by atoms with E-state index >= 15 is 0 Å². The highest BCUT2D eigenvalue weighted by molar-refractivity contribution is 7.89. The van der Waals surface area contributed by atoms with Crippen LogP contribution in [0.3, 0.4) is 0 Å². The zero-order chi connectivity index (χ0) is 25.9. The molecule has 2 amide bonds. The fourth-order valence-corrected chi connectivity index (χ4v) is 6.50. The molecule has 1 saturated carbocycles. The zero-order valence-corrected chi connectivity index (χ0v) is 21.5.